The second-order valence-electron chi connectivity index (χ2n) is 4.09. The molecule has 0 aromatic rings. The van der Waals surface area contributed by atoms with Gasteiger partial charge in [-0.2, -0.15) is 13.2 Å². The highest BCUT2D eigenvalue weighted by Gasteiger charge is 2.27. The van der Waals surface area contributed by atoms with E-state index in [9.17, 15) is 18.0 Å². The van der Waals surface area contributed by atoms with Gasteiger partial charge in [0.15, 0.2) is 5.78 Å². The average molecular weight is 212 g/mol. The number of Topliss-reactive ketones (excluding diaryl/α,β-unsaturated/α-hetero) is 1. The van der Waals surface area contributed by atoms with Crippen molar-refractivity contribution in [2.75, 3.05) is 13.2 Å². The first-order valence-electron chi connectivity index (χ1n) is 4.31. The lowest BCUT2D eigenvalue weighted by Gasteiger charge is -2.16. The summed E-state index contributed by atoms with van der Waals surface area (Å²) >= 11 is 0. The number of carbonyl (C=O) groups excluding carboxylic acids is 1. The van der Waals surface area contributed by atoms with E-state index in [0.717, 1.165) is 0 Å². The van der Waals surface area contributed by atoms with Crippen molar-refractivity contribution in [1.29, 1.82) is 0 Å². The lowest BCUT2D eigenvalue weighted by Crippen LogP contribution is -2.25. The number of ether oxygens (including phenoxy) is 1. The van der Waals surface area contributed by atoms with Crippen molar-refractivity contribution < 1.29 is 22.7 Å². The van der Waals surface area contributed by atoms with Gasteiger partial charge in [0.05, 0.1) is 13.0 Å². The highest BCUT2D eigenvalue weighted by molar-refractivity contribution is 5.84. The van der Waals surface area contributed by atoms with Crippen molar-refractivity contribution >= 4 is 5.78 Å². The summed E-state index contributed by atoms with van der Waals surface area (Å²) in [5.41, 5.74) is -0.557. The van der Waals surface area contributed by atoms with Crippen molar-refractivity contribution in [3.8, 4) is 0 Å². The van der Waals surface area contributed by atoms with Crippen LogP contribution in [0.4, 0.5) is 13.2 Å². The molecule has 0 radical (unpaired) electrons. The minimum absolute atomic E-state index is 0.195. The first-order chi connectivity index (χ1) is 6.13. The smallest absolute Gasteiger partial charge is 0.373 e. The van der Waals surface area contributed by atoms with Crippen molar-refractivity contribution in [3.63, 3.8) is 0 Å². The summed E-state index contributed by atoms with van der Waals surface area (Å²) < 4.78 is 39.6. The summed E-state index contributed by atoms with van der Waals surface area (Å²) in [6.07, 6.45) is -5.23. The van der Waals surface area contributed by atoms with Gasteiger partial charge in [0.1, 0.15) is 6.61 Å². The Kier molecular flexibility index (Phi) is 4.58. The van der Waals surface area contributed by atoms with E-state index in [4.69, 9.17) is 0 Å². The van der Waals surface area contributed by atoms with Crippen LogP contribution in [0, 0.1) is 5.41 Å². The van der Waals surface area contributed by atoms with Gasteiger partial charge in [-0.15, -0.1) is 0 Å². The standard InChI is InChI=1S/C9H15F3O2/c1-8(2,3)7(13)6-14-5-4-9(10,11)12/h4-6H2,1-3H3. The minimum Gasteiger partial charge on any atom is -0.373 e. The summed E-state index contributed by atoms with van der Waals surface area (Å²) in [5.74, 6) is -0.195. The third-order valence-corrected chi connectivity index (χ3v) is 1.60. The van der Waals surface area contributed by atoms with E-state index in [1.807, 2.05) is 0 Å². The van der Waals surface area contributed by atoms with Crippen molar-refractivity contribution in [2.24, 2.45) is 5.41 Å². The van der Waals surface area contributed by atoms with E-state index >= 15 is 0 Å². The zero-order valence-electron chi connectivity index (χ0n) is 8.57. The summed E-state index contributed by atoms with van der Waals surface area (Å²) in [6, 6.07) is 0. The Bertz CT molecular complexity index is 191. The van der Waals surface area contributed by atoms with Gasteiger partial charge >= 0.3 is 6.18 Å². The number of hydrogen-bond acceptors (Lipinski definition) is 2. The number of rotatable bonds is 4. The quantitative estimate of drug-likeness (QED) is 0.669. The summed E-state index contributed by atoms with van der Waals surface area (Å²) in [6.45, 7) is 4.39. The molecule has 0 saturated carbocycles. The molecule has 0 amide bonds. The normalized spacial score (nSPS) is 13.0. The molecule has 0 bridgehead atoms. The Morgan fingerprint density at radius 2 is 1.71 bits per heavy atom. The Morgan fingerprint density at radius 1 is 1.21 bits per heavy atom. The molecule has 0 spiro atoms. The van der Waals surface area contributed by atoms with E-state index in [0.29, 0.717) is 0 Å². The summed E-state index contributed by atoms with van der Waals surface area (Å²) in [7, 11) is 0. The molecule has 0 atom stereocenters. The van der Waals surface area contributed by atoms with Gasteiger partial charge in [0.25, 0.3) is 0 Å². The predicted molar refractivity (Wildman–Crippen MR) is 46.0 cm³/mol. The van der Waals surface area contributed by atoms with Gasteiger partial charge in [0.2, 0.25) is 0 Å². The van der Waals surface area contributed by atoms with Crippen LogP contribution in [-0.4, -0.2) is 25.2 Å². The fraction of sp³-hybridized carbons (Fsp3) is 0.889. The van der Waals surface area contributed by atoms with Gasteiger partial charge in [-0.3, -0.25) is 4.79 Å². The molecule has 0 rings (SSSR count). The summed E-state index contributed by atoms with van der Waals surface area (Å²) in [5, 5.41) is 0. The zero-order chi connectivity index (χ0) is 11.4. The predicted octanol–water partition coefficient (Wildman–Crippen LogP) is 2.57. The lowest BCUT2D eigenvalue weighted by molar-refractivity contribution is -0.149. The molecule has 0 saturated heterocycles. The molecule has 2 nitrogen and oxygen atoms in total. The summed E-state index contributed by atoms with van der Waals surface area (Å²) in [4.78, 5) is 11.2. The zero-order valence-corrected chi connectivity index (χ0v) is 8.57. The highest BCUT2D eigenvalue weighted by atomic mass is 19.4. The molecule has 0 aliphatic heterocycles. The largest absolute Gasteiger partial charge is 0.391 e. The van der Waals surface area contributed by atoms with Crippen molar-refractivity contribution in [2.45, 2.75) is 33.4 Å². The van der Waals surface area contributed by atoms with Crippen LogP contribution in [-0.2, 0) is 9.53 Å². The second kappa shape index (κ2) is 4.77. The molecule has 14 heavy (non-hydrogen) atoms. The Morgan fingerprint density at radius 3 is 2.07 bits per heavy atom. The van der Waals surface area contributed by atoms with Crippen molar-refractivity contribution in [3.05, 3.63) is 0 Å². The van der Waals surface area contributed by atoms with E-state index in [-0.39, 0.29) is 12.4 Å². The molecule has 0 unspecified atom stereocenters. The molecule has 5 heteroatoms. The van der Waals surface area contributed by atoms with Crippen molar-refractivity contribution in [1.82, 2.24) is 0 Å². The molecule has 0 aliphatic carbocycles. The van der Waals surface area contributed by atoms with Crippen LogP contribution in [0.2, 0.25) is 0 Å². The molecule has 0 heterocycles. The van der Waals surface area contributed by atoms with Gasteiger partial charge < -0.3 is 4.74 Å². The van der Waals surface area contributed by atoms with E-state index in [2.05, 4.69) is 4.74 Å². The molecule has 0 aromatic carbocycles. The van der Waals surface area contributed by atoms with Crippen LogP contribution < -0.4 is 0 Å². The molecule has 0 aromatic heterocycles. The van der Waals surface area contributed by atoms with Gasteiger partial charge in [-0.1, -0.05) is 20.8 Å². The molecule has 84 valence electrons. The minimum atomic E-state index is -4.22. The van der Waals surface area contributed by atoms with Gasteiger partial charge in [-0.05, 0) is 0 Å². The maximum absolute atomic E-state index is 11.6. The Labute approximate surface area is 81.4 Å². The number of alkyl halides is 3. The maximum Gasteiger partial charge on any atom is 0.391 e. The third kappa shape index (κ3) is 6.88. The third-order valence-electron chi connectivity index (χ3n) is 1.60. The lowest BCUT2D eigenvalue weighted by atomic mass is 9.91. The van der Waals surface area contributed by atoms with Crippen LogP contribution in [0.25, 0.3) is 0 Å². The van der Waals surface area contributed by atoms with Crippen LogP contribution >= 0.6 is 0 Å². The van der Waals surface area contributed by atoms with Gasteiger partial charge in [0, 0.05) is 5.41 Å². The molecule has 0 N–H and O–H groups in total. The SMILES string of the molecule is CC(C)(C)C(=O)COCCC(F)(F)F. The first-order valence-corrected chi connectivity index (χ1v) is 4.31. The van der Waals surface area contributed by atoms with Gasteiger partial charge in [-0.25, -0.2) is 0 Å². The van der Waals surface area contributed by atoms with E-state index in [1.165, 1.54) is 0 Å². The Hall–Kier alpha value is -0.580. The highest BCUT2D eigenvalue weighted by Crippen LogP contribution is 2.19. The van der Waals surface area contributed by atoms with Crippen LogP contribution in [0.3, 0.4) is 0 Å². The first kappa shape index (κ1) is 13.4. The molecule has 0 fully saturated rings. The number of halogens is 3. The number of hydrogen-bond donors (Lipinski definition) is 0. The van der Waals surface area contributed by atoms with Crippen LogP contribution in [0.1, 0.15) is 27.2 Å². The van der Waals surface area contributed by atoms with Crippen LogP contribution in [0.5, 0.6) is 0 Å². The topological polar surface area (TPSA) is 26.3 Å². The van der Waals surface area contributed by atoms with Crippen LogP contribution in [0.15, 0.2) is 0 Å². The average Bonchev–Trinajstić information content (AvgIpc) is 1.93. The Balaban J connectivity index is 3.62. The fourth-order valence-electron chi connectivity index (χ4n) is 0.569. The molecular weight excluding hydrogens is 197 g/mol. The monoisotopic (exact) mass is 212 g/mol. The van der Waals surface area contributed by atoms with E-state index in [1.54, 1.807) is 20.8 Å². The molecule has 0 aliphatic rings. The van der Waals surface area contributed by atoms with E-state index < -0.39 is 24.6 Å². The fourth-order valence-corrected chi connectivity index (χ4v) is 0.569. The maximum atomic E-state index is 11.6. The molecular formula is C9H15F3O2. The number of ketones is 1. The second-order valence-corrected chi connectivity index (χ2v) is 4.09. The number of carbonyl (C=O) groups is 1.